The molecule has 0 radical (unpaired) electrons. The van der Waals surface area contributed by atoms with Gasteiger partial charge in [0.2, 0.25) is 5.91 Å². The Morgan fingerprint density at radius 3 is 1.13 bits per heavy atom. The molecule has 0 aliphatic heterocycles. The number of unbranched alkanes of at least 4 members (excludes halogenated alkanes) is 38. The Kier molecular flexibility index (Phi) is 58.0. The van der Waals surface area contributed by atoms with Gasteiger partial charge in [0.15, 0.2) is 0 Å². The molecule has 1 amide bonds. The first-order valence-corrected chi connectivity index (χ1v) is 34.8. The molecule has 0 fully saturated rings. The van der Waals surface area contributed by atoms with Crippen molar-refractivity contribution < 1.29 is 32.9 Å². The number of hydrogen-bond acceptors (Lipinski definition) is 6. The monoisotopic (exact) mass is 1110 g/mol. The highest BCUT2D eigenvalue weighted by atomic mass is 31.2. The molecule has 8 nitrogen and oxygen atoms in total. The third-order valence-electron chi connectivity index (χ3n) is 14.9. The van der Waals surface area contributed by atoms with Gasteiger partial charge in [0.1, 0.15) is 13.2 Å². The normalized spacial score (nSPS) is 14.2. The van der Waals surface area contributed by atoms with Crippen LogP contribution in [0.4, 0.5) is 0 Å². The lowest BCUT2D eigenvalue weighted by Crippen LogP contribution is -2.45. The van der Waals surface area contributed by atoms with Crippen molar-refractivity contribution in [1.29, 1.82) is 0 Å². The van der Waals surface area contributed by atoms with E-state index < -0.39 is 26.6 Å². The van der Waals surface area contributed by atoms with Crippen molar-refractivity contribution >= 4 is 13.7 Å². The number of allylic oxidation sites excluding steroid dienone is 11. The molecule has 3 atom stereocenters. The molecular weight excluding hydrogens is 984 g/mol. The lowest BCUT2D eigenvalue weighted by atomic mass is 10.0. The number of phosphoric acid groups is 1. The van der Waals surface area contributed by atoms with Crippen molar-refractivity contribution in [3.8, 4) is 0 Å². The Morgan fingerprint density at radius 1 is 0.449 bits per heavy atom. The third-order valence-corrected chi connectivity index (χ3v) is 15.8. The summed E-state index contributed by atoms with van der Waals surface area (Å²) in [5, 5.41) is 13.9. The molecular formula is C69H129N2O6P. The predicted octanol–water partition coefficient (Wildman–Crippen LogP) is 20.4. The second-order valence-electron chi connectivity index (χ2n) is 23.8. The van der Waals surface area contributed by atoms with E-state index >= 15 is 0 Å². The van der Waals surface area contributed by atoms with Crippen molar-refractivity contribution in [1.82, 2.24) is 5.32 Å². The zero-order valence-corrected chi connectivity index (χ0v) is 53.0. The quantitative estimate of drug-likeness (QED) is 0.0272. The van der Waals surface area contributed by atoms with Crippen molar-refractivity contribution in [3.63, 3.8) is 0 Å². The average Bonchev–Trinajstić information content (AvgIpc) is 3.41. The summed E-state index contributed by atoms with van der Waals surface area (Å²) in [4.78, 5) is 25.6. The van der Waals surface area contributed by atoms with Crippen molar-refractivity contribution in [2.75, 3.05) is 40.9 Å². The fourth-order valence-electron chi connectivity index (χ4n) is 9.67. The molecule has 78 heavy (non-hydrogen) atoms. The highest BCUT2D eigenvalue weighted by molar-refractivity contribution is 7.45. The van der Waals surface area contributed by atoms with Crippen LogP contribution in [0.1, 0.15) is 309 Å². The average molecular weight is 1110 g/mol. The van der Waals surface area contributed by atoms with E-state index in [2.05, 4.69) is 79.9 Å². The Balaban J connectivity index is 4.18. The maximum Gasteiger partial charge on any atom is 0.268 e. The van der Waals surface area contributed by atoms with Crippen molar-refractivity contribution in [2.24, 2.45) is 0 Å². The Bertz CT molecular complexity index is 1500. The Labute approximate surface area is 484 Å². The first-order valence-electron chi connectivity index (χ1n) is 33.3. The predicted molar refractivity (Wildman–Crippen MR) is 339 cm³/mol. The van der Waals surface area contributed by atoms with Crippen LogP contribution in [0.5, 0.6) is 0 Å². The molecule has 2 N–H and O–H groups in total. The fourth-order valence-corrected chi connectivity index (χ4v) is 10.4. The smallest absolute Gasteiger partial charge is 0.268 e. The highest BCUT2D eigenvalue weighted by Gasteiger charge is 2.23. The van der Waals surface area contributed by atoms with E-state index in [0.717, 1.165) is 57.8 Å². The summed E-state index contributed by atoms with van der Waals surface area (Å²) in [7, 11) is 1.24. The first-order chi connectivity index (χ1) is 38.0. The maximum atomic E-state index is 13.0. The molecule has 0 aliphatic carbocycles. The molecule has 0 saturated carbocycles. The van der Waals surface area contributed by atoms with Gasteiger partial charge in [-0.1, -0.05) is 292 Å². The van der Waals surface area contributed by atoms with Gasteiger partial charge in [-0.05, 0) is 83.5 Å². The largest absolute Gasteiger partial charge is 0.756 e. The standard InChI is InChI=1S/C69H129N2O6P/c1-6-8-10-12-14-16-18-20-22-24-26-28-30-32-34-35-37-39-41-43-45-47-49-51-53-55-57-59-61-63-69(73)70-67(66-77-78(74,75)76-65-64-71(3,4)5)68(72)62-60-58-56-54-52-50-48-46-44-42-40-38-36-33-31-29-27-25-23-21-19-17-15-13-11-9-7-2/h18,20,24,26,30,32,44,46,52,54,60,62,67-68,72H,6-17,19,21-23,25,27-29,31,33-43,45,47-51,53,55-59,61,63-66H2,1-5H3,(H-,70,73,74,75)/b20-18-,26-24-,32-30-,46-44+,54-52+,62-60+. The van der Waals surface area contributed by atoms with Crippen LogP contribution in [0.15, 0.2) is 72.9 Å². The molecule has 0 spiro atoms. The van der Waals surface area contributed by atoms with E-state index in [4.69, 9.17) is 9.05 Å². The second kappa shape index (κ2) is 59.6. The summed E-state index contributed by atoms with van der Waals surface area (Å²) >= 11 is 0. The number of hydrogen-bond donors (Lipinski definition) is 2. The zero-order valence-electron chi connectivity index (χ0n) is 52.1. The van der Waals surface area contributed by atoms with Gasteiger partial charge in [-0.15, -0.1) is 0 Å². The summed E-state index contributed by atoms with van der Waals surface area (Å²) in [6.45, 7) is 4.64. The van der Waals surface area contributed by atoms with Crippen molar-refractivity contribution in [3.05, 3.63) is 72.9 Å². The molecule has 9 heteroatoms. The number of phosphoric ester groups is 1. The Hall–Kier alpha value is -2.06. The van der Waals surface area contributed by atoms with Crippen molar-refractivity contribution in [2.45, 2.75) is 321 Å². The molecule has 0 aromatic carbocycles. The summed E-state index contributed by atoms with van der Waals surface area (Å²) in [5.74, 6) is -0.211. The van der Waals surface area contributed by atoms with E-state index in [0.29, 0.717) is 17.4 Å². The van der Waals surface area contributed by atoms with Crippen LogP contribution < -0.4 is 10.2 Å². The summed E-state index contributed by atoms with van der Waals surface area (Å²) in [6.07, 6.45) is 83.0. The fraction of sp³-hybridized carbons (Fsp3) is 0.812. The molecule has 0 aliphatic rings. The molecule has 0 aromatic heterocycles. The van der Waals surface area contributed by atoms with Crippen LogP contribution in [-0.4, -0.2) is 68.5 Å². The lowest BCUT2D eigenvalue weighted by Gasteiger charge is -2.29. The number of aliphatic hydroxyl groups excluding tert-OH is 1. The van der Waals surface area contributed by atoms with Gasteiger partial charge in [-0.3, -0.25) is 9.36 Å². The Morgan fingerprint density at radius 2 is 0.756 bits per heavy atom. The number of carbonyl (C=O) groups excluding carboxylic acids is 1. The SMILES string of the molecule is CCCCCCC/C=C\C/C=C\C/C=C\CCCCCCCCCCCCCCCCC(=O)NC(COP(=O)([O-])OCC[N+](C)(C)C)C(O)/C=C/CC/C=C/CC/C=C/CCCCCCCCCCCCCCCCCCC. The molecule has 0 saturated heterocycles. The highest BCUT2D eigenvalue weighted by Crippen LogP contribution is 2.38. The minimum Gasteiger partial charge on any atom is -0.756 e. The minimum absolute atomic E-state index is 0.0109. The number of amides is 1. The summed E-state index contributed by atoms with van der Waals surface area (Å²) in [6, 6.07) is -0.915. The number of aliphatic hydroxyl groups is 1. The van der Waals surface area contributed by atoms with Gasteiger partial charge >= 0.3 is 0 Å². The first kappa shape index (κ1) is 75.9. The van der Waals surface area contributed by atoms with Crippen LogP contribution >= 0.6 is 7.82 Å². The zero-order chi connectivity index (χ0) is 57.0. The molecule has 0 bridgehead atoms. The number of nitrogens with one attached hydrogen (secondary N) is 1. The van der Waals surface area contributed by atoms with Crippen LogP contribution in [-0.2, 0) is 18.4 Å². The third kappa shape index (κ3) is 61.6. The van der Waals surface area contributed by atoms with Gasteiger partial charge < -0.3 is 28.8 Å². The number of nitrogens with zero attached hydrogens (tertiary/aromatic N) is 1. The van der Waals surface area contributed by atoms with Crippen LogP contribution in [0.25, 0.3) is 0 Å². The maximum absolute atomic E-state index is 13.0. The van der Waals surface area contributed by atoms with Gasteiger partial charge in [-0.2, -0.15) is 0 Å². The van der Waals surface area contributed by atoms with E-state index in [1.807, 2.05) is 27.2 Å². The molecule has 3 unspecified atom stereocenters. The topological polar surface area (TPSA) is 108 Å². The number of likely N-dealkylation sites (N-methyl/N-ethyl adjacent to an activating group) is 1. The summed E-state index contributed by atoms with van der Waals surface area (Å²) < 4.78 is 23.4. The van der Waals surface area contributed by atoms with Gasteiger partial charge in [0.25, 0.3) is 7.82 Å². The van der Waals surface area contributed by atoms with Crippen LogP contribution in [0, 0.1) is 0 Å². The molecule has 0 aromatic rings. The van der Waals surface area contributed by atoms with Gasteiger partial charge in [0.05, 0.1) is 39.9 Å². The van der Waals surface area contributed by atoms with Gasteiger partial charge in [-0.25, -0.2) is 0 Å². The number of rotatable bonds is 61. The van der Waals surface area contributed by atoms with Crippen LogP contribution in [0.2, 0.25) is 0 Å². The molecule has 0 heterocycles. The van der Waals surface area contributed by atoms with E-state index in [-0.39, 0.29) is 12.5 Å². The number of quaternary nitrogens is 1. The van der Waals surface area contributed by atoms with E-state index in [1.165, 1.54) is 231 Å². The molecule has 456 valence electrons. The second-order valence-corrected chi connectivity index (χ2v) is 25.2. The van der Waals surface area contributed by atoms with E-state index in [9.17, 15) is 19.4 Å². The number of carbonyl (C=O) groups is 1. The minimum atomic E-state index is -4.62. The lowest BCUT2D eigenvalue weighted by molar-refractivity contribution is -0.870. The van der Waals surface area contributed by atoms with Crippen LogP contribution in [0.3, 0.4) is 0 Å². The van der Waals surface area contributed by atoms with Gasteiger partial charge in [0, 0.05) is 6.42 Å². The van der Waals surface area contributed by atoms with E-state index in [1.54, 1.807) is 6.08 Å². The summed E-state index contributed by atoms with van der Waals surface area (Å²) in [5.41, 5.74) is 0. The molecule has 0 rings (SSSR count).